The largest absolute Gasteiger partial charge is 0.491 e. The van der Waals surface area contributed by atoms with Crippen LogP contribution in [0.2, 0.25) is 0 Å². The summed E-state index contributed by atoms with van der Waals surface area (Å²) < 4.78 is 114. The van der Waals surface area contributed by atoms with E-state index in [1.165, 1.54) is 13.0 Å². The highest BCUT2D eigenvalue weighted by molar-refractivity contribution is 5.91. The smallest absolute Gasteiger partial charge is 0.346 e. The lowest BCUT2D eigenvalue weighted by molar-refractivity contribution is -0.228. The monoisotopic (exact) mass is 524 g/mol. The second kappa shape index (κ2) is 9.57. The van der Waals surface area contributed by atoms with Crippen LogP contribution in [0.3, 0.4) is 0 Å². The van der Waals surface area contributed by atoms with Crippen molar-refractivity contribution in [1.29, 1.82) is 0 Å². The second-order valence-corrected chi connectivity index (χ2v) is 8.21. The Kier molecular flexibility index (Phi) is 6.79. The molecule has 0 fully saturated rings. The van der Waals surface area contributed by atoms with Gasteiger partial charge in [0.25, 0.3) is 0 Å². The molecule has 0 saturated carbocycles. The lowest BCUT2D eigenvalue weighted by Gasteiger charge is -2.35. The van der Waals surface area contributed by atoms with Gasteiger partial charge in [-0.05, 0) is 72.9 Å². The van der Waals surface area contributed by atoms with Crippen molar-refractivity contribution in [3.8, 4) is 22.6 Å². The third-order valence-electron chi connectivity index (χ3n) is 5.92. The Morgan fingerprint density at radius 2 is 1.46 bits per heavy atom. The lowest BCUT2D eigenvalue weighted by Crippen LogP contribution is -2.41. The van der Waals surface area contributed by atoms with Crippen molar-refractivity contribution in [3.63, 3.8) is 0 Å². The molecule has 0 bridgehead atoms. The molecule has 1 aliphatic rings. The Labute approximate surface area is 207 Å². The number of rotatable bonds is 7. The van der Waals surface area contributed by atoms with Gasteiger partial charge in [-0.25, -0.2) is 18.0 Å². The van der Waals surface area contributed by atoms with E-state index in [0.717, 1.165) is 36.4 Å². The van der Waals surface area contributed by atoms with Crippen LogP contribution in [-0.4, -0.2) is 12.6 Å². The van der Waals surface area contributed by atoms with E-state index in [1.807, 2.05) is 0 Å². The highest BCUT2D eigenvalue weighted by Crippen LogP contribution is 2.60. The average molecular weight is 524 g/mol. The Bertz CT molecular complexity index is 1400. The summed E-state index contributed by atoms with van der Waals surface area (Å²) in [5.41, 5.74) is -4.90. The first-order chi connectivity index (χ1) is 17.4. The molecule has 37 heavy (non-hydrogen) atoms. The number of halogens is 7. The SMILES string of the molecule is C=CCCc1ccc(C(=O)Oc2ccc3c(c2F)C(F)(F)C(F)(F)c2c-3ccc(OCC)c2F)c(F)c1. The summed E-state index contributed by atoms with van der Waals surface area (Å²) in [5, 5.41) is 0. The Hall–Kier alpha value is -3.82. The highest BCUT2D eigenvalue weighted by Gasteiger charge is 2.65. The van der Waals surface area contributed by atoms with Crippen LogP contribution in [0.25, 0.3) is 11.1 Å². The molecule has 0 amide bonds. The maximum Gasteiger partial charge on any atom is 0.346 e. The number of ether oxygens (including phenoxy) is 2. The molecule has 0 aliphatic heterocycles. The van der Waals surface area contributed by atoms with Crippen LogP contribution >= 0.6 is 0 Å². The minimum absolute atomic E-state index is 0.115. The minimum Gasteiger partial charge on any atom is -0.491 e. The molecular formula is C27H19F7O3. The Balaban J connectivity index is 1.77. The number of hydrogen-bond donors (Lipinski definition) is 0. The van der Waals surface area contributed by atoms with E-state index in [0.29, 0.717) is 18.4 Å². The molecule has 0 unspecified atom stereocenters. The fraction of sp³-hybridized carbons (Fsp3) is 0.222. The molecule has 10 heteroatoms. The Morgan fingerprint density at radius 1 is 0.892 bits per heavy atom. The van der Waals surface area contributed by atoms with E-state index in [9.17, 15) is 22.4 Å². The molecule has 0 atom stereocenters. The van der Waals surface area contributed by atoms with E-state index in [-0.39, 0.29) is 6.61 Å². The third kappa shape index (κ3) is 4.24. The van der Waals surface area contributed by atoms with Crippen molar-refractivity contribution in [2.75, 3.05) is 6.61 Å². The molecule has 4 rings (SSSR count). The zero-order valence-corrected chi connectivity index (χ0v) is 19.3. The number of aryl methyl sites for hydroxylation is 1. The zero-order chi connectivity index (χ0) is 27.1. The second-order valence-electron chi connectivity index (χ2n) is 8.21. The van der Waals surface area contributed by atoms with Crippen LogP contribution in [0.4, 0.5) is 30.7 Å². The molecule has 0 spiro atoms. The van der Waals surface area contributed by atoms with E-state index >= 15 is 13.2 Å². The predicted molar refractivity (Wildman–Crippen MR) is 121 cm³/mol. The van der Waals surface area contributed by atoms with Gasteiger partial charge in [0, 0.05) is 0 Å². The van der Waals surface area contributed by atoms with Crippen molar-refractivity contribution >= 4 is 5.97 Å². The zero-order valence-electron chi connectivity index (χ0n) is 19.3. The molecule has 3 nitrogen and oxygen atoms in total. The molecule has 3 aromatic rings. The van der Waals surface area contributed by atoms with Crippen LogP contribution in [0.15, 0.2) is 55.1 Å². The maximum atomic E-state index is 15.3. The number of hydrogen-bond acceptors (Lipinski definition) is 3. The number of carbonyl (C=O) groups is 1. The van der Waals surface area contributed by atoms with Gasteiger partial charge in [-0.1, -0.05) is 12.1 Å². The van der Waals surface area contributed by atoms with Crippen LogP contribution in [0, 0.1) is 17.5 Å². The first-order valence-electron chi connectivity index (χ1n) is 11.1. The topological polar surface area (TPSA) is 35.5 Å². The summed E-state index contributed by atoms with van der Waals surface area (Å²) in [6, 6.07) is 6.99. The van der Waals surface area contributed by atoms with Crippen molar-refractivity contribution in [3.05, 3.63) is 94.8 Å². The van der Waals surface area contributed by atoms with Gasteiger partial charge in [0.1, 0.15) is 5.82 Å². The fourth-order valence-corrected chi connectivity index (χ4v) is 4.14. The molecule has 3 aromatic carbocycles. The maximum absolute atomic E-state index is 15.3. The number of fused-ring (bicyclic) bond motifs is 3. The van der Waals surface area contributed by atoms with Crippen molar-refractivity contribution in [2.24, 2.45) is 0 Å². The summed E-state index contributed by atoms with van der Waals surface area (Å²) in [5.74, 6) is -18.3. The molecule has 0 heterocycles. The number of allylic oxidation sites excluding steroid dienone is 1. The van der Waals surface area contributed by atoms with E-state index in [1.54, 1.807) is 6.08 Å². The highest BCUT2D eigenvalue weighted by atomic mass is 19.3. The fourth-order valence-electron chi connectivity index (χ4n) is 4.14. The summed E-state index contributed by atoms with van der Waals surface area (Å²) in [6.07, 6.45) is 2.60. The summed E-state index contributed by atoms with van der Waals surface area (Å²) in [4.78, 5) is 12.5. The van der Waals surface area contributed by atoms with Crippen LogP contribution in [-0.2, 0) is 18.3 Å². The minimum atomic E-state index is -5.23. The molecule has 1 aliphatic carbocycles. The first kappa shape index (κ1) is 26.2. The quantitative estimate of drug-likeness (QED) is 0.138. The standard InChI is InChI=1S/C27H19F7O3/c1-3-5-6-14-7-8-17(18(28)13-14)25(35)37-20-12-10-16-15-9-11-19(36-4-2)23(29)21(15)26(31,32)27(33,34)22(16)24(20)30/h3,7-13H,1,4-6H2,2H3. The van der Waals surface area contributed by atoms with Crippen LogP contribution in [0.5, 0.6) is 11.5 Å². The van der Waals surface area contributed by atoms with Gasteiger partial charge in [0.15, 0.2) is 23.1 Å². The average Bonchev–Trinajstić information content (AvgIpc) is 2.84. The van der Waals surface area contributed by atoms with Gasteiger partial charge >= 0.3 is 17.8 Å². The summed E-state index contributed by atoms with van der Waals surface area (Å²) in [7, 11) is 0. The normalized spacial score (nSPS) is 14.9. The van der Waals surface area contributed by atoms with Gasteiger partial charge in [-0.15, -0.1) is 6.58 Å². The van der Waals surface area contributed by atoms with Gasteiger partial charge in [0.2, 0.25) is 0 Å². The number of esters is 1. The number of carbonyl (C=O) groups excluding carboxylic acids is 1. The van der Waals surface area contributed by atoms with Crippen molar-refractivity contribution < 1.29 is 45.0 Å². The van der Waals surface area contributed by atoms with Gasteiger partial charge in [-0.3, -0.25) is 0 Å². The first-order valence-corrected chi connectivity index (χ1v) is 11.1. The Morgan fingerprint density at radius 3 is 2.00 bits per heavy atom. The third-order valence-corrected chi connectivity index (χ3v) is 5.92. The van der Waals surface area contributed by atoms with E-state index < -0.39 is 74.6 Å². The van der Waals surface area contributed by atoms with Crippen molar-refractivity contribution in [2.45, 2.75) is 31.6 Å². The lowest BCUT2D eigenvalue weighted by atomic mass is 9.79. The van der Waals surface area contributed by atoms with Crippen LogP contribution < -0.4 is 9.47 Å². The van der Waals surface area contributed by atoms with Gasteiger partial charge in [-0.2, -0.15) is 17.6 Å². The van der Waals surface area contributed by atoms with Crippen molar-refractivity contribution in [1.82, 2.24) is 0 Å². The summed E-state index contributed by atoms with van der Waals surface area (Å²) >= 11 is 0. The van der Waals surface area contributed by atoms with E-state index in [2.05, 4.69) is 6.58 Å². The molecule has 0 aromatic heterocycles. The molecular weight excluding hydrogens is 505 g/mol. The van der Waals surface area contributed by atoms with Crippen LogP contribution in [0.1, 0.15) is 40.4 Å². The summed E-state index contributed by atoms with van der Waals surface area (Å²) in [6.45, 7) is 4.88. The number of alkyl halides is 4. The van der Waals surface area contributed by atoms with E-state index in [4.69, 9.17) is 9.47 Å². The molecule has 0 saturated heterocycles. The molecule has 0 radical (unpaired) electrons. The molecule has 194 valence electrons. The van der Waals surface area contributed by atoms with Gasteiger partial charge in [0.05, 0.1) is 23.3 Å². The molecule has 0 N–H and O–H groups in total. The van der Waals surface area contributed by atoms with Gasteiger partial charge < -0.3 is 9.47 Å². The number of benzene rings is 3. The predicted octanol–water partition coefficient (Wildman–Crippen LogP) is 7.70.